The number of hydrogen-bond donors (Lipinski definition) is 2. The molecule has 0 heterocycles. The zero-order chi connectivity index (χ0) is 17.5. The van der Waals surface area contributed by atoms with Crippen molar-refractivity contribution >= 4 is 5.91 Å². The first kappa shape index (κ1) is 18.2. The Morgan fingerprint density at radius 1 is 1.08 bits per heavy atom. The minimum Gasteiger partial charge on any atom is -0.394 e. The Labute approximate surface area is 143 Å². The maximum Gasteiger partial charge on any atom is 0.254 e. The number of aryl methyl sites for hydroxylation is 1. The fourth-order valence-corrected chi connectivity index (χ4v) is 2.70. The molecule has 1 amide bonds. The van der Waals surface area contributed by atoms with Crippen molar-refractivity contribution in [3.63, 3.8) is 0 Å². The van der Waals surface area contributed by atoms with Gasteiger partial charge in [0.05, 0.1) is 19.3 Å². The lowest BCUT2D eigenvalue weighted by atomic mass is 10.0. The fourth-order valence-electron chi connectivity index (χ4n) is 2.70. The average Bonchev–Trinajstić information content (AvgIpc) is 2.63. The molecule has 128 valence electrons. The second-order valence-electron chi connectivity index (χ2n) is 5.96. The molecule has 1 unspecified atom stereocenters. The molecule has 0 aliphatic heterocycles. The standard InChI is InChI=1S/C20H25NO3/c1-3-19(14-23)21(12-18-7-5-4-6-15(18)2)20(24)17-10-8-16(13-22)9-11-17/h4-11,19,22-23H,3,12-14H2,1-2H3. The lowest BCUT2D eigenvalue weighted by Crippen LogP contribution is -2.41. The molecular formula is C20H25NO3. The quantitative estimate of drug-likeness (QED) is 0.822. The van der Waals surface area contributed by atoms with Gasteiger partial charge in [0.1, 0.15) is 0 Å². The van der Waals surface area contributed by atoms with Crippen LogP contribution in [0.2, 0.25) is 0 Å². The van der Waals surface area contributed by atoms with Crippen LogP contribution in [0.1, 0.15) is 40.4 Å². The van der Waals surface area contributed by atoms with Crippen LogP contribution in [0, 0.1) is 6.92 Å². The van der Waals surface area contributed by atoms with E-state index in [1.54, 1.807) is 29.2 Å². The average molecular weight is 327 g/mol. The van der Waals surface area contributed by atoms with E-state index in [4.69, 9.17) is 5.11 Å². The molecule has 0 radical (unpaired) electrons. The van der Waals surface area contributed by atoms with E-state index in [9.17, 15) is 9.90 Å². The van der Waals surface area contributed by atoms with Gasteiger partial charge in [-0.2, -0.15) is 0 Å². The van der Waals surface area contributed by atoms with Gasteiger partial charge in [0.25, 0.3) is 5.91 Å². The third kappa shape index (κ3) is 4.22. The van der Waals surface area contributed by atoms with Crippen LogP contribution in [0.3, 0.4) is 0 Å². The summed E-state index contributed by atoms with van der Waals surface area (Å²) in [5.74, 6) is -0.108. The molecule has 4 nitrogen and oxygen atoms in total. The number of hydrogen-bond acceptors (Lipinski definition) is 3. The van der Waals surface area contributed by atoms with Crippen molar-refractivity contribution in [2.24, 2.45) is 0 Å². The Morgan fingerprint density at radius 2 is 1.75 bits per heavy atom. The highest BCUT2D eigenvalue weighted by atomic mass is 16.3. The van der Waals surface area contributed by atoms with Crippen LogP contribution in [0.5, 0.6) is 0 Å². The summed E-state index contributed by atoms with van der Waals surface area (Å²) in [6.45, 7) is 4.34. The largest absolute Gasteiger partial charge is 0.394 e. The molecule has 2 N–H and O–H groups in total. The highest BCUT2D eigenvalue weighted by molar-refractivity contribution is 5.94. The number of carbonyl (C=O) groups is 1. The lowest BCUT2D eigenvalue weighted by molar-refractivity contribution is 0.0563. The van der Waals surface area contributed by atoms with E-state index in [1.807, 2.05) is 38.1 Å². The summed E-state index contributed by atoms with van der Waals surface area (Å²) in [6, 6.07) is 14.7. The van der Waals surface area contributed by atoms with Gasteiger partial charge in [-0.25, -0.2) is 0 Å². The Hall–Kier alpha value is -2.17. The summed E-state index contributed by atoms with van der Waals surface area (Å²) in [5.41, 5.74) is 3.53. The van der Waals surface area contributed by atoms with E-state index in [2.05, 4.69) is 0 Å². The third-order valence-electron chi connectivity index (χ3n) is 4.37. The van der Waals surface area contributed by atoms with Gasteiger partial charge in [0, 0.05) is 12.1 Å². The first-order valence-corrected chi connectivity index (χ1v) is 8.26. The van der Waals surface area contributed by atoms with Crippen LogP contribution in [0.15, 0.2) is 48.5 Å². The van der Waals surface area contributed by atoms with Crippen molar-refractivity contribution < 1.29 is 15.0 Å². The Morgan fingerprint density at radius 3 is 2.29 bits per heavy atom. The second kappa shape index (κ2) is 8.62. The van der Waals surface area contributed by atoms with Crippen molar-refractivity contribution in [3.8, 4) is 0 Å². The van der Waals surface area contributed by atoms with Gasteiger partial charge in [0.15, 0.2) is 0 Å². The van der Waals surface area contributed by atoms with E-state index in [0.717, 1.165) is 16.7 Å². The summed E-state index contributed by atoms with van der Waals surface area (Å²) >= 11 is 0. The van der Waals surface area contributed by atoms with Gasteiger partial charge >= 0.3 is 0 Å². The maximum atomic E-state index is 13.0. The molecule has 0 spiro atoms. The molecule has 4 heteroatoms. The van der Waals surface area contributed by atoms with Gasteiger partial charge in [-0.15, -0.1) is 0 Å². The molecule has 24 heavy (non-hydrogen) atoms. The lowest BCUT2D eigenvalue weighted by Gasteiger charge is -2.31. The number of amides is 1. The van der Waals surface area contributed by atoms with Crippen molar-refractivity contribution in [1.29, 1.82) is 0 Å². The maximum absolute atomic E-state index is 13.0. The van der Waals surface area contributed by atoms with Crippen LogP contribution in [0.25, 0.3) is 0 Å². The third-order valence-corrected chi connectivity index (χ3v) is 4.37. The molecule has 0 fully saturated rings. The van der Waals surface area contributed by atoms with E-state index >= 15 is 0 Å². The molecule has 0 aromatic heterocycles. The summed E-state index contributed by atoms with van der Waals surface area (Å²) in [7, 11) is 0. The summed E-state index contributed by atoms with van der Waals surface area (Å²) < 4.78 is 0. The van der Waals surface area contributed by atoms with Gasteiger partial charge < -0.3 is 15.1 Å². The molecule has 0 aliphatic carbocycles. The number of aliphatic hydroxyl groups excluding tert-OH is 2. The van der Waals surface area contributed by atoms with E-state index in [0.29, 0.717) is 18.5 Å². The van der Waals surface area contributed by atoms with Crippen LogP contribution >= 0.6 is 0 Å². The molecule has 2 rings (SSSR count). The van der Waals surface area contributed by atoms with Gasteiger partial charge in [0.2, 0.25) is 0 Å². The van der Waals surface area contributed by atoms with Crippen LogP contribution in [-0.4, -0.2) is 33.7 Å². The minimum absolute atomic E-state index is 0.0460. The summed E-state index contributed by atoms with van der Waals surface area (Å²) in [5, 5.41) is 18.8. The predicted octanol–water partition coefficient (Wildman–Crippen LogP) is 2.90. The first-order chi connectivity index (χ1) is 11.6. The SMILES string of the molecule is CCC(CO)N(Cc1ccccc1C)C(=O)c1ccc(CO)cc1. The Bertz CT molecular complexity index is 663. The van der Waals surface area contributed by atoms with E-state index < -0.39 is 0 Å². The summed E-state index contributed by atoms with van der Waals surface area (Å²) in [4.78, 5) is 14.7. The Balaban J connectivity index is 2.30. The number of rotatable bonds is 7. The number of carbonyl (C=O) groups excluding carboxylic acids is 1. The molecule has 2 aromatic carbocycles. The van der Waals surface area contributed by atoms with Crippen LogP contribution in [0.4, 0.5) is 0 Å². The molecule has 0 aliphatic rings. The molecular weight excluding hydrogens is 302 g/mol. The van der Waals surface area contributed by atoms with Gasteiger partial charge in [-0.1, -0.05) is 43.3 Å². The predicted molar refractivity (Wildman–Crippen MR) is 94.6 cm³/mol. The number of benzene rings is 2. The second-order valence-corrected chi connectivity index (χ2v) is 5.96. The molecule has 1 atom stereocenters. The smallest absolute Gasteiger partial charge is 0.254 e. The fraction of sp³-hybridized carbons (Fsp3) is 0.350. The highest BCUT2D eigenvalue weighted by Gasteiger charge is 2.23. The summed E-state index contributed by atoms with van der Waals surface area (Å²) in [6.07, 6.45) is 0.683. The Kier molecular flexibility index (Phi) is 6.53. The van der Waals surface area contributed by atoms with Crippen LogP contribution < -0.4 is 0 Å². The molecule has 0 saturated heterocycles. The number of aliphatic hydroxyl groups is 2. The van der Waals surface area contributed by atoms with Crippen LogP contribution in [-0.2, 0) is 13.2 Å². The number of nitrogens with zero attached hydrogens (tertiary/aromatic N) is 1. The minimum atomic E-state index is -0.227. The monoisotopic (exact) mass is 327 g/mol. The van der Waals surface area contributed by atoms with Gasteiger partial charge in [-0.05, 0) is 42.2 Å². The van der Waals surface area contributed by atoms with Crippen molar-refractivity contribution in [3.05, 3.63) is 70.8 Å². The highest BCUT2D eigenvalue weighted by Crippen LogP contribution is 2.18. The van der Waals surface area contributed by atoms with Crippen molar-refractivity contribution in [2.45, 2.75) is 39.5 Å². The molecule has 2 aromatic rings. The van der Waals surface area contributed by atoms with Crippen molar-refractivity contribution in [2.75, 3.05) is 6.61 Å². The molecule has 0 saturated carbocycles. The van der Waals surface area contributed by atoms with Gasteiger partial charge in [-0.3, -0.25) is 4.79 Å². The van der Waals surface area contributed by atoms with E-state index in [-0.39, 0.29) is 25.2 Å². The van der Waals surface area contributed by atoms with E-state index in [1.165, 1.54) is 0 Å². The zero-order valence-corrected chi connectivity index (χ0v) is 14.3. The first-order valence-electron chi connectivity index (χ1n) is 8.26. The topological polar surface area (TPSA) is 60.8 Å². The molecule has 0 bridgehead atoms. The normalized spacial score (nSPS) is 12.0. The zero-order valence-electron chi connectivity index (χ0n) is 14.3. The van der Waals surface area contributed by atoms with Crippen molar-refractivity contribution in [1.82, 2.24) is 4.90 Å².